The van der Waals surface area contributed by atoms with Crippen LogP contribution in [-0.2, 0) is 6.42 Å². The number of carbonyl (C=O) groups is 2. The van der Waals surface area contributed by atoms with Crippen LogP contribution in [-0.4, -0.2) is 32.4 Å². The number of carboxylic acids is 2. The van der Waals surface area contributed by atoms with E-state index >= 15 is 0 Å². The lowest BCUT2D eigenvalue weighted by atomic mass is 9.88. The van der Waals surface area contributed by atoms with Crippen LogP contribution >= 0.6 is 0 Å². The largest absolute Gasteiger partial charge is 0.507 e. The maximum absolute atomic E-state index is 11.9. The van der Waals surface area contributed by atoms with Gasteiger partial charge in [0.1, 0.15) is 22.6 Å². The maximum atomic E-state index is 11.9. The van der Waals surface area contributed by atoms with E-state index in [4.69, 9.17) is 0 Å². The van der Waals surface area contributed by atoms with Crippen molar-refractivity contribution in [2.45, 2.75) is 6.42 Å². The third kappa shape index (κ3) is 3.00. The van der Waals surface area contributed by atoms with Crippen molar-refractivity contribution in [2.75, 3.05) is 0 Å². The molecule has 0 amide bonds. The molecule has 0 aliphatic carbocycles. The third-order valence-electron chi connectivity index (χ3n) is 5.05. The summed E-state index contributed by atoms with van der Waals surface area (Å²) in [6.45, 7) is 0. The number of aromatic carboxylic acids is 2. The SMILES string of the molecule is O=C(O)c1c(O)cc2ccccc2c1Cc1c(C(=O)O)c(O)cc2ccccc12. The highest BCUT2D eigenvalue weighted by Gasteiger charge is 2.24. The average molecular weight is 388 g/mol. The van der Waals surface area contributed by atoms with E-state index in [1.54, 1.807) is 48.5 Å². The van der Waals surface area contributed by atoms with E-state index in [0.717, 1.165) is 0 Å². The van der Waals surface area contributed by atoms with Crippen LogP contribution in [0.4, 0.5) is 0 Å². The van der Waals surface area contributed by atoms with Crippen LogP contribution in [0.1, 0.15) is 31.8 Å². The van der Waals surface area contributed by atoms with Crippen LogP contribution in [0.2, 0.25) is 0 Å². The van der Waals surface area contributed by atoms with Crippen molar-refractivity contribution in [1.29, 1.82) is 0 Å². The second-order valence-corrected chi connectivity index (χ2v) is 6.73. The first-order chi connectivity index (χ1) is 13.9. The zero-order valence-corrected chi connectivity index (χ0v) is 15.1. The lowest BCUT2D eigenvalue weighted by Crippen LogP contribution is -2.09. The van der Waals surface area contributed by atoms with Gasteiger partial charge in [0.05, 0.1) is 0 Å². The van der Waals surface area contributed by atoms with Crippen LogP contribution < -0.4 is 0 Å². The first kappa shape index (κ1) is 18.3. The third-order valence-corrected chi connectivity index (χ3v) is 5.05. The zero-order chi connectivity index (χ0) is 20.7. The van der Waals surface area contributed by atoms with Gasteiger partial charge in [0.25, 0.3) is 0 Å². The highest BCUT2D eigenvalue weighted by atomic mass is 16.4. The van der Waals surface area contributed by atoms with Gasteiger partial charge in [-0.05, 0) is 44.8 Å². The number of hydrogen-bond donors (Lipinski definition) is 4. The number of hydrogen-bond acceptors (Lipinski definition) is 4. The molecule has 0 aliphatic heterocycles. The highest BCUT2D eigenvalue weighted by Crippen LogP contribution is 2.37. The number of carboxylic acid groups (broad SMARTS) is 2. The molecule has 4 rings (SSSR count). The summed E-state index contributed by atoms with van der Waals surface area (Å²) in [5, 5.41) is 42.5. The smallest absolute Gasteiger partial charge is 0.339 e. The number of rotatable bonds is 4. The average Bonchev–Trinajstić information content (AvgIpc) is 2.67. The van der Waals surface area contributed by atoms with E-state index in [9.17, 15) is 30.0 Å². The first-order valence-electron chi connectivity index (χ1n) is 8.82. The fourth-order valence-corrected chi connectivity index (χ4v) is 3.83. The molecule has 0 saturated heterocycles. The summed E-state index contributed by atoms with van der Waals surface area (Å²) in [5.74, 6) is -3.42. The zero-order valence-electron chi connectivity index (χ0n) is 15.1. The molecular formula is C23H16O6. The number of benzene rings is 4. The van der Waals surface area contributed by atoms with Gasteiger partial charge in [-0.1, -0.05) is 48.5 Å². The Morgan fingerprint density at radius 2 is 1.03 bits per heavy atom. The summed E-state index contributed by atoms with van der Waals surface area (Å²) in [5.41, 5.74) is -0.00219. The molecule has 0 heterocycles. The molecular weight excluding hydrogens is 372 g/mol. The molecule has 0 radical (unpaired) electrons. The molecule has 0 atom stereocenters. The van der Waals surface area contributed by atoms with E-state index in [2.05, 4.69) is 0 Å². The second-order valence-electron chi connectivity index (χ2n) is 6.73. The summed E-state index contributed by atoms with van der Waals surface area (Å²) in [4.78, 5) is 23.8. The van der Waals surface area contributed by atoms with Gasteiger partial charge in [0, 0.05) is 6.42 Å². The minimum absolute atomic E-state index is 0.0902. The maximum Gasteiger partial charge on any atom is 0.339 e. The fourth-order valence-electron chi connectivity index (χ4n) is 3.83. The summed E-state index contributed by atoms with van der Waals surface area (Å²) < 4.78 is 0. The van der Waals surface area contributed by atoms with Crippen LogP contribution in [0.3, 0.4) is 0 Å². The Hall–Kier alpha value is -4.06. The van der Waals surface area contributed by atoms with Crippen molar-refractivity contribution >= 4 is 33.5 Å². The molecule has 0 fully saturated rings. The molecule has 4 aromatic rings. The van der Waals surface area contributed by atoms with Crippen molar-refractivity contribution in [2.24, 2.45) is 0 Å². The van der Waals surface area contributed by atoms with Gasteiger partial charge in [-0.3, -0.25) is 0 Å². The van der Waals surface area contributed by atoms with Gasteiger partial charge in [-0.25, -0.2) is 9.59 Å². The summed E-state index contributed by atoms with van der Waals surface area (Å²) in [6.07, 6.45) is -0.0902. The van der Waals surface area contributed by atoms with Crippen LogP contribution in [0, 0.1) is 0 Å². The quantitative estimate of drug-likeness (QED) is 0.412. The van der Waals surface area contributed by atoms with Gasteiger partial charge in [0.15, 0.2) is 0 Å². The Bertz CT molecular complexity index is 1200. The second kappa shape index (κ2) is 6.83. The standard InChI is InChI=1S/C23H16O6/c24-18-9-12-5-1-3-7-14(12)16(20(18)22(26)27)11-17-15-8-4-2-6-13(15)10-19(25)21(17)23(28)29/h1-10,24-25H,11H2,(H,26,27)(H,28,29). The number of phenols is 2. The summed E-state index contributed by atoms with van der Waals surface area (Å²) in [6, 6.07) is 16.7. The van der Waals surface area contributed by atoms with E-state index in [0.29, 0.717) is 21.5 Å². The lowest BCUT2D eigenvalue weighted by Gasteiger charge is -2.16. The Kier molecular flexibility index (Phi) is 4.31. The van der Waals surface area contributed by atoms with Gasteiger partial charge in [-0.2, -0.15) is 0 Å². The Morgan fingerprint density at radius 3 is 1.41 bits per heavy atom. The first-order valence-corrected chi connectivity index (χ1v) is 8.82. The van der Waals surface area contributed by atoms with E-state index in [-0.39, 0.29) is 28.7 Å². The Labute approximate surface area is 164 Å². The highest BCUT2D eigenvalue weighted by molar-refractivity contribution is 6.04. The molecule has 6 heteroatoms. The minimum Gasteiger partial charge on any atom is -0.507 e. The Balaban J connectivity index is 2.10. The molecule has 0 unspecified atom stereocenters. The van der Waals surface area contributed by atoms with Gasteiger partial charge in [0.2, 0.25) is 0 Å². The predicted molar refractivity (Wildman–Crippen MR) is 108 cm³/mol. The molecule has 0 spiro atoms. The van der Waals surface area contributed by atoms with E-state index in [1.807, 2.05) is 0 Å². The molecule has 0 saturated carbocycles. The topological polar surface area (TPSA) is 115 Å². The van der Waals surface area contributed by atoms with Crippen molar-refractivity contribution in [3.05, 3.63) is 82.9 Å². The molecule has 6 nitrogen and oxygen atoms in total. The molecule has 29 heavy (non-hydrogen) atoms. The number of aromatic hydroxyl groups is 2. The molecule has 144 valence electrons. The molecule has 0 aromatic heterocycles. The van der Waals surface area contributed by atoms with Crippen LogP contribution in [0.15, 0.2) is 60.7 Å². The van der Waals surface area contributed by atoms with Crippen LogP contribution in [0.5, 0.6) is 11.5 Å². The van der Waals surface area contributed by atoms with Gasteiger partial charge in [-0.15, -0.1) is 0 Å². The molecule has 0 aliphatic rings. The molecule has 0 bridgehead atoms. The van der Waals surface area contributed by atoms with Gasteiger partial charge < -0.3 is 20.4 Å². The van der Waals surface area contributed by atoms with E-state index < -0.39 is 23.4 Å². The van der Waals surface area contributed by atoms with Crippen molar-refractivity contribution < 1.29 is 30.0 Å². The van der Waals surface area contributed by atoms with Gasteiger partial charge >= 0.3 is 11.9 Å². The summed E-state index contributed by atoms with van der Waals surface area (Å²) in [7, 11) is 0. The van der Waals surface area contributed by atoms with Crippen molar-refractivity contribution in [1.82, 2.24) is 0 Å². The normalized spacial score (nSPS) is 11.0. The van der Waals surface area contributed by atoms with Crippen molar-refractivity contribution in [3.8, 4) is 11.5 Å². The Morgan fingerprint density at radius 1 is 0.655 bits per heavy atom. The molecule has 4 N–H and O–H groups in total. The van der Waals surface area contributed by atoms with Crippen molar-refractivity contribution in [3.63, 3.8) is 0 Å². The molecule has 4 aromatic carbocycles. The van der Waals surface area contributed by atoms with E-state index in [1.165, 1.54) is 12.1 Å². The fraction of sp³-hybridized carbons (Fsp3) is 0.0435. The predicted octanol–water partition coefficient (Wildman–Crippen LogP) is 4.39. The van der Waals surface area contributed by atoms with Crippen LogP contribution in [0.25, 0.3) is 21.5 Å². The minimum atomic E-state index is -1.32. The number of fused-ring (bicyclic) bond motifs is 2. The lowest BCUT2D eigenvalue weighted by molar-refractivity contribution is 0.0683. The monoisotopic (exact) mass is 388 g/mol. The summed E-state index contributed by atoms with van der Waals surface area (Å²) >= 11 is 0.